The van der Waals surface area contributed by atoms with Crippen molar-refractivity contribution >= 4 is 17.5 Å². The van der Waals surface area contributed by atoms with Gasteiger partial charge in [0.2, 0.25) is 0 Å². The Hall–Kier alpha value is -3.17. The topological polar surface area (TPSA) is 128 Å². The lowest BCUT2D eigenvalue weighted by atomic mass is 10.1. The molecular weight excluding hydrogens is 426 g/mol. The third-order valence-electron chi connectivity index (χ3n) is 4.83. The van der Waals surface area contributed by atoms with Crippen LogP contribution in [0.3, 0.4) is 0 Å². The van der Waals surface area contributed by atoms with Crippen molar-refractivity contribution in [2.75, 3.05) is 18.8 Å². The zero-order valence-corrected chi connectivity index (χ0v) is 19.4. The molecular formula is C24H33N3O6. The molecule has 0 saturated carbocycles. The Morgan fingerprint density at radius 1 is 1.15 bits per heavy atom. The quantitative estimate of drug-likeness (QED) is 0.388. The lowest BCUT2D eigenvalue weighted by Crippen LogP contribution is -2.43. The summed E-state index contributed by atoms with van der Waals surface area (Å²) >= 11 is 0. The van der Waals surface area contributed by atoms with Gasteiger partial charge in [-0.2, -0.15) is 0 Å². The van der Waals surface area contributed by atoms with Crippen LogP contribution in [0.2, 0.25) is 0 Å². The Kier molecular flexibility index (Phi) is 9.62. The van der Waals surface area contributed by atoms with E-state index in [1.807, 2.05) is 45.0 Å². The molecule has 180 valence electrons. The third-order valence-corrected chi connectivity index (χ3v) is 4.83. The number of benzene rings is 2. The van der Waals surface area contributed by atoms with Gasteiger partial charge >= 0.3 is 6.09 Å². The Balaban J connectivity index is 0.000000294. The molecule has 0 radical (unpaired) electrons. The number of carbonyl (C=O) groups excluding carboxylic acids is 1. The minimum atomic E-state index is -0.487. The summed E-state index contributed by atoms with van der Waals surface area (Å²) in [4.78, 5) is 23.4. The van der Waals surface area contributed by atoms with E-state index in [0.717, 1.165) is 24.1 Å². The normalized spacial score (nSPS) is 14.2. The number of likely N-dealkylation sites (tertiary alicyclic amines) is 1. The Morgan fingerprint density at radius 3 is 2.36 bits per heavy atom. The average Bonchev–Trinajstić information content (AvgIpc) is 2.77. The highest BCUT2D eigenvalue weighted by molar-refractivity contribution is 5.68. The van der Waals surface area contributed by atoms with Crippen LogP contribution in [0.15, 0.2) is 48.5 Å². The van der Waals surface area contributed by atoms with Crippen LogP contribution in [-0.4, -0.2) is 45.8 Å². The molecule has 9 nitrogen and oxygen atoms in total. The largest absolute Gasteiger partial charge is 0.444 e. The maximum atomic E-state index is 12.0. The number of nitrogen functional groups attached to an aromatic ring is 1. The fraction of sp³-hybridized carbons (Fsp3) is 0.458. The Bertz CT molecular complexity index is 920. The van der Waals surface area contributed by atoms with Crippen molar-refractivity contribution in [1.82, 2.24) is 4.90 Å². The monoisotopic (exact) mass is 459 g/mol. The second kappa shape index (κ2) is 12.2. The molecule has 3 rings (SSSR count). The van der Waals surface area contributed by atoms with Crippen LogP contribution in [0.25, 0.3) is 0 Å². The molecule has 1 amide bonds. The molecule has 1 fully saturated rings. The first-order chi connectivity index (χ1) is 15.6. The first-order valence-corrected chi connectivity index (χ1v) is 10.9. The summed E-state index contributed by atoms with van der Waals surface area (Å²) in [6.07, 6.45) is 1.62. The lowest BCUT2D eigenvalue weighted by molar-refractivity contribution is -0.384. The Morgan fingerprint density at radius 2 is 1.79 bits per heavy atom. The van der Waals surface area contributed by atoms with Crippen molar-refractivity contribution in [2.24, 2.45) is 0 Å². The Labute approximate surface area is 194 Å². The zero-order valence-electron chi connectivity index (χ0n) is 19.4. The van der Waals surface area contributed by atoms with E-state index in [0.29, 0.717) is 25.3 Å². The van der Waals surface area contributed by atoms with E-state index in [1.165, 1.54) is 12.1 Å². The van der Waals surface area contributed by atoms with Crippen LogP contribution in [0.1, 0.15) is 44.7 Å². The average molecular weight is 460 g/mol. The van der Waals surface area contributed by atoms with E-state index < -0.39 is 10.5 Å². The molecule has 1 saturated heterocycles. The van der Waals surface area contributed by atoms with Crippen LogP contribution in [0.4, 0.5) is 16.2 Å². The summed E-state index contributed by atoms with van der Waals surface area (Å²) in [6, 6.07) is 13.6. The molecule has 1 aliphatic heterocycles. The molecule has 33 heavy (non-hydrogen) atoms. The van der Waals surface area contributed by atoms with Crippen LogP contribution >= 0.6 is 0 Å². The number of nitrogens with zero attached hydrogens (tertiary/aromatic N) is 2. The number of aliphatic hydroxyl groups excluding tert-OH is 1. The van der Waals surface area contributed by atoms with Crippen LogP contribution < -0.4 is 5.73 Å². The van der Waals surface area contributed by atoms with Gasteiger partial charge < -0.3 is 25.2 Å². The predicted octanol–water partition coefficient (Wildman–Crippen LogP) is 4.27. The summed E-state index contributed by atoms with van der Waals surface area (Å²) in [5.74, 6) is 0. The number of nitrogens with two attached hydrogens (primary N) is 1. The highest BCUT2D eigenvalue weighted by Crippen LogP contribution is 2.19. The molecule has 0 bridgehead atoms. The molecule has 1 heterocycles. The van der Waals surface area contributed by atoms with Gasteiger partial charge in [0.15, 0.2) is 0 Å². The summed E-state index contributed by atoms with van der Waals surface area (Å²) < 4.78 is 11.3. The van der Waals surface area contributed by atoms with Gasteiger partial charge in [0, 0.05) is 30.9 Å². The molecule has 0 aromatic heterocycles. The van der Waals surface area contributed by atoms with Gasteiger partial charge in [-0.3, -0.25) is 10.1 Å². The van der Waals surface area contributed by atoms with Crippen molar-refractivity contribution in [2.45, 2.75) is 58.5 Å². The van der Waals surface area contributed by atoms with Crippen LogP contribution in [-0.2, 0) is 22.7 Å². The number of ether oxygens (including phenoxy) is 2. The SMILES string of the molecule is CC(C)(C)OC(=O)N1CCC(OCc2cccc(N)c2)CC1.O=[N+]([O-])c1cccc(CO)c1. The van der Waals surface area contributed by atoms with Gasteiger partial charge in [-0.05, 0) is 56.9 Å². The molecule has 0 spiro atoms. The number of rotatable bonds is 5. The maximum Gasteiger partial charge on any atom is 0.410 e. The first-order valence-electron chi connectivity index (χ1n) is 10.9. The van der Waals surface area contributed by atoms with E-state index >= 15 is 0 Å². The first kappa shape index (κ1) is 26.1. The van der Waals surface area contributed by atoms with Crippen molar-refractivity contribution in [3.05, 3.63) is 69.8 Å². The highest BCUT2D eigenvalue weighted by Gasteiger charge is 2.27. The molecule has 2 aromatic carbocycles. The van der Waals surface area contributed by atoms with E-state index in [1.54, 1.807) is 17.0 Å². The smallest absolute Gasteiger partial charge is 0.410 e. The van der Waals surface area contributed by atoms with Crippen molar-refractivity contribution in [3.8, 4) is 0 Å². The number of aliphatic hydroxyl groups is 1. The van der Waals surface area contributed by atoms with E-state index in [9.17, 15) is 14.9 Å². The number of carbonyl (C=O) groups is 1. The fourth-order valence-electron chi connectivity index (χ4n) is 3.20. The van der Waals surface area contributed by atoms with Crippen LogP contribution in [0.5, 0.6) is 0 Å². The molecule has 9 heteroatoms. The number of anilines is 1. The second-order valence-corrected chi connectivity index (χ2v) is 8.81. The number of piperidine rings is 1. The molecule has 0 atom stereocenters. The van der Waals surface area contributed by atoms with Gasteiger partial charge in [0.1, 0.15) is 5.60 Å². The zero-order chi connectivity index (χ0) is 24.4. The van der Waals surface area contributed by atoms with Crippen molar-refractivity contribution < 1.29 is 24.3 Å². The summed E-state index contributed by atoms with van der Waals surface area (Å²) in [5, 5.41) is 18.8. The van der Waals surface area contributed by atoms with Crippen molar-refractivity contribution in [1.29, 1.82) is 0 Å². The van der Waals surface area contributed by atoms with Gasteiger partial charge in [0.25, 0.3) is 5.69 Å². The minimum Gasteiger partial charge on any atom is -0.444 e. The van der Waals surface area contributed by atoms with E-state index in [2.05, 4.69) is 0 Å². The van der Waals surface area contributed by atoms with E-state index in [-0.39, 0.29) is 24.5 Å². The molecule has 0 unspecified atom stereocenters. The predicted molar refractivity (Wildman–Crippen MR) is 125 cm³/mol. The molecule has 2 aromatic rings. The van der Waals surface area contributed by atoms with Crippen molar-refractivity contribution in [3.63, 3.8) is 0 Å². The number of non-ortho nitro benzene ring substituents is 1. The van der Waals surface area contributed by atoms with E-state index in [4.69, 9.17) is 20.3 Å². The van der Waals surface area contributed by atoms with Gasteiger partial charge in [0.05, 0.1) is 24.2 Å². The number of hydrogen-bond acceptors (Lipinski definition) is 7. The molecule has 3 N–H and O–H groups in total. The number of amides is 1. The standard InChI is InChI=1S/C17H26N2O3.C7H7NO3/c1-17(2,3)22-16(20)19-9-7-15(8-10-19)21-12-13-5-4-6-14(18)11-13;9-5-6-2-1-3-7(4-6)8(10)11/h4-6,11,15H,7-10,12,18H2,1-3H3;1-4,9H,5H2. The number of nitro groups is 1. The highest BCUT2D eigenvalue weighted by atomic mass is 16.6. The van der Waals surface area contributed by atoms with Crippen LogP contribution in [0, 0.1) is 10.1 Å². The molecule has 0 aliphatic carbocycles. The summed E-state index contributed by atoms with van der Waals surface area (Å²) in [6.45, 7) is 7.39. The fourth-order valence-corrected chi connectivity index (χ4v) is 3.20. The number of nitro benzene ring substituents is 1. The van der Waals surface area contributed by atoms with Gasteiger partial charge in [-0.25, -0.2) is 4.79 Å². The van der Waals surface area contributed by atoms with Gasteiger partial charge in [-0.1, -0.05) is 24.3 Å². The summed E-state index contributed by atoms with van der Waals surface area (Å²) in [7, 11) is 0. The number of hydrogen-bond donors (Lipinski definition) is 2. The van der Waals surface area contributed by atoms with Gasteiger partial charge in [-0.15, -0.1) is 0 Å². The summed E-state index contributed by atoms with van der Waals surface area (Å²) in [5.41, 5.74) is 7.70. The molecule has 1 aliphatic rings. The third kappa shape index (κ3) is 9.46. The second-order valence-electron chi connectivity index (χ2n) is 8.81. The lowest BCUT2D eigenvalue weighted by Gasteiger charge is -2.33. The minimum absolute atomic E-state index is 0.0107. The maximum absolute atomic E-state index is 12.0.